The van der Waals surface area contributed by atoms with Gasteiger partial charge in [0.2, 0.25) is 5.91 Å². The Morgan fingerprint density at radius 3 is 2.67 bits per heavy atom. The molecule has 0 saturated heterocycles. The molecular weight excluding hydrogens is 306 g/mol. The van der Waals surface area contributed by atoms with Crippen LogP contribution in [0.25, 0.3) is 6.08 Å². The topological polar surface area (TPSA) is 64.6 Å². The van der Waals surface area contributed by atoms with E-state index in [2.05, 4.69) is 5.32 Å². The number of amides is 1. The Morgan fingerprint density at radius 1 is 1.12 bits per heavy atom. The number of rotatable bonds is 6. The van der Waals surface area contributed by atoms with Crippen molar-refractivity contribution in [3.63, 3.8) is 0 Å². The second-order valence-corrected chi connectivity index (χ2v) is 4.87. The fourth-order valence-electron chi connectivity index (χ4n) is 2.09. The number of para-hydroxylation sites is 1. The minimum absolute atomic E-state index is 0.303. The second-order valence-electron chi connectivity index (χ2n) is 4.87. The Labute approximate surface area is 140 Å². The number of hydrogen-bond acceptors (Lipinski definition) is 4. The van der Waals surface area contributed by atoms with Gasteiger partial charge in [-0.15, -0.1) is 0 Å². The SMILES string of the molecule is CCOC(=O)c1cccc(NC(=O)/C=C/c2ccccc2OC)c1. The van der Waals surface area contributed by atoms with Crippen molar-refractivity contribution in [2.24, 2.45) is 0 Å². The normalized spacial score (nSPS) is 10.4. The highest BCUT2D eigenvalue weighted by Gasteiger charge is 2.07. The summed E-state index contributed by atoms with van der Waals surface area (Å²) in [4.78, 5) is 23.7. The lowest BCUT2D eigenvalue weighted by molar-refractivity contribution is -0.111. The number of ether oxygens (including phenoxy) is 2. The fourth-order valence-corrected chi connectivity index (χ4v) is 2.09. The Kier molecular flexibility index (Phi) is 6.14. The molecule has 0 aliphatic carbocycles. The lowest BCUT2D eigenvalue weighted by atomic mass is 10.2. The molecule has 2 rings (SSSR count). The number of carbonyl (C=O) groups excluding carboxylic acids is 2. The Bertz CT molecular complexity index is 753. The van der Waals surface area contributed by atoms with Crippen LogP contribution >= 0.6 is 0 Å². The predicted molar refractivity (Wildman–Crippen MR) is 93.1 cm³/mol. The van der Waals surface area contributed by atoms with Crippen molar-refractivity contribution in [3.05, 3.63) is 65.7 Å². The van der Waals surface area contributed by atoms with Gasteiger partial charge in [0.1, 0.15) is 5.75 Å². The molecule has 0 heterocycles. The van der Waals surface area contributed by atoms with Gasteiger partial charge in [-0.2, -0.15) is 0 Å². The maximum atomic E-state index is 12.0. The highest BCUT2D eigenvalue weighted by Crippen LogP contribution is 2.19. The molecule has 2 aromatic carbocycles. The molecule has 1 N–H and O–H groups in total. The van der Waals surface area contributed by atoms with E-state index in [1.54, 1.807) is 44.4 Å². The summed E-state index contributed by atoms with van der Waals surface area (Å²) in [5.41, 5.74) is 1.72. The van der Waals surface area contributed by atoms with Crippen molar-refractivity contribution in [2.75, 3.05) is 19.0 Å². The highest BCUT2D eigenvalue weighted by molar-refractivity contribution is 6.02. The van der Waals surface area contributed by atoms with Crippen molar-refractivity contribution >= 4 is 23.6 Å². The molecule has 124 valence electrons. The highest BCUT2D eigenvalue weighted by atomic mass is 16.5. The van der Waals surface area contributed by atoms with Crippen molar-refractivity contribution in [1.82, 2.24) is 0 Å². The average molecular weight is 325 g/mol. The average Bonchev–Trinajstić information content (AvgIpc) is 2.60. The minimum atomic E-state index is -0.418. The summed E-state index contributed by atoms with van der Waals surface area (Å²) in [6.45, 7) is 2.04. The van der Waals surface area contributed by atoms with Gasteiger partial charge in [0.05, 0.1) is 19.3 Å². The van der Waals surface area contributed by atoms with Crippen LogP contribution in [0.5, 0.6) is 5.75 Å². The van der Waals surface area contributed by atoms with Crippen LogP contribution in [0.4, 0.5) is 5.69 Å². The molecule has 0 aliphatic rings. The molecule has 0 fully saturated rings. The second kappa shape index (κ2) is 8.53. The number of benzene rings is 2. The van der Waals surface area contributed by atoms with Crippen molar-refractivity contribution in [1.29, 1.82) is 0 Å². The Morgan fingerprint density at radius 2 is 1.92 bits per heavy atom. The summed E-state index contributed by atoms with van der Waals surface area (Å²) >= 11 is 0. The lowest BCUT2D eigenvalue weighted by Gasteiger charge is -2.06. The van der Waals surface area contributed by atoms with Crippen LogP contribution in [0, 0.1) is 0 Å². The van der Waals surface area contributed by atoms with E-state index in [0.29, 0.717) is 23.6 Å². The van der Waals surface area contributed by atoms with E-state index in [4.69, 9.17) is 9.47 Å². The number of methoxy groups -OCH3 is 1. The molecule has 24 heavy (non-hydrogen) atoms. The molecule has 2 aromatic rings. The number of carbonyl (C=O) groups is 2. The van der Waals surface area contributed by atoms with Crippen LogP contribution in [0.1, 0.15) is 22.8 Å². The lowest BCUT2D eigenvalue weighted by Crippen LogP contribution is -2.09. The van der Waals surface area contributed by atoms with Crippen LogP contribution in [0.15, 0.2) is 54.6 Å². The summed E-state index contributed by atoms with van der Waals surface area (Å²) in [7, 11) is 1.58. The van der Waals surface area contributed by atoms with E-state index in [-0.39, 0.29) is 5.91 Å². The number of esters is 1. The fraction of sp³-hybridized carbons (Fsp3) is 0.158. The third-order valence-electron chi connectivity index (χ3n) is 3.19. The van der Waals surface area contributed by atoms with E-state index < -0.39 is 5.97 Å². The molecule has 0 bridgehead atoms. The first-order valence-corrected chi connectivity index (χ1v) is 7.53. The Balaban J connectivity index is 2.06. The first-order chi connectivity index (χ1) is 11.6. The number of anilines is 1. The van der Waals surface area contributed by atoms with Crippen LogP contribution in [-0.2, 0) is 9.53 Å². The summed E-state index contributed by atoms with van der Waals surface area (Å²) in [5.74, 6) is -0.0362. The summed E-state index contributed by atoms with van der Waals surface area (Å²) < 4.78 is 10.2. The van der Waals surface area contributed by atoms with Gasteiger partial charge >= 0.3 is 5.97 Å². The molecule has 0 unspecified atom stereocenters. The van der Waals surface area contributed by atoms with Crippen LogP contribution in [0.3, 0.4) is 0 Å². The van der Waals surface area contributed by atoms with Crippen molar-refractivity contribution in [3.8, 4) is 5.75 Å². The van der Waals surface area contributed by atoms with Gasteiger partial charge in [0.15, 0.2) is 0 Å². The molecule has 0 aliphatic heterocycles. The zero-order chi connectivity index (χ0) is 17.4. The third-order valence-corrected chi connectivity index (χ3v) is 3.19. The van der Waals surface area contributed by atoms with Gasteiger partial charge in [-0.25, -0.2) is 4.79 Å². The van der Waals surface area contributed by atoms with Gasteiger partial charge in [0.25, 0.3) is 0 Å². The Hall–Kier alpha value is -3.08. The maximum absolute atomic E-state index is 12.0. The van der Waals surface area contributed by atoms with E-state index >= 15 is 0 Å². The molecule has 0 spiro atoms. The molecule has 1 amide bonds. The summed E-state index contributed by atoms with van der Waals surface area (Å²) in [5, 5.41) is 2.71. The molecule has 0 radical (unpaired) electrons. The minimum Gasteiger partial charge on any atom is -0.496 e. The third kappa shape index (κ3) is 4.71. The number of nitrogens with one attached hydrogen (secondary N) is 1. The smallest absolute Gasteiger partial charge is 0.338 e. The molecule has 0 saturated carbocycles. The first kappa shape index (κ1) is 17.3. The van der Waals surface area contributed by atoms with Gasteiger partial charge in [-0.05, 0) is 37.3 Å². The molecule has 0 aromatic heterocycles. The van der Waals surface area contributed by atoms with Crippen LogP contribution < -0.4 is 10.1 Å². The zero-order valence-electron chi connectivity index (χ0n) is 13.6. The molecule has 5 nitrogen and oxygen atoms in total. The van der Waals surface area contributed by atoms with Gasteiger partial charge in [0, 0.05) is 17.3 Å². The van der Waals surface area contributed by atoms with Gasteiger partial charge in [-0.3, -0.25) is 4.79 Å². The zero-order valence-corrected chi connectivity index (χ0v) is 13.6. The van der Waals surface area contributed by atoms with E-state index in [0.717, 1.165) is 5.56 Å². The molecule has 0 atom stereocenters. The van der Waals surface area contributed by atoms with E-state index in [9.17, 15) is 9.59 Å². The molecule has 5 heteroatoms. The summed E-state index contributed by atoms with van der Waals surface area (Å²) in [6, 6.07) is 14.0. The maximum Gasteiger partial charge on any atom is 0.338 e. The standard InChI is InChI=1S/C19H19NO4/c1-3-24-19(22)15-8-6-9-16(13-15)20-18(21)12-11-14-7-4-5-10-17(14)23-2/h4-13H,3H2,1-2H3,(H,20,21)/b12-11+. The predicted octanol–water partition coefficient (Wildman–Crippen LogP) is 3.52. The van der Waals surface area contributed by atoms with Crippen molar-refractivity contribution in [2.45, 2.75) is 6.92 Å². The quantitative estimate of drug-likeness (QED) is 0.652. The van der Waals surface area contributed by atoms with Crippen LogP contribution in [-0.4, -0.2) is 25.6 Å². The van der Waals surface area contributed by atoms with E-state index in [1.807, 2.05) is 24.3 Å². The monoisotopic (exact) mass is 325 g/mol. The molecular formula is C19H19NO4. The van der Waals surface area contributed by atoms with Crippen molar-refractivity contribution < 1.29 is 19.1 Å². The van der Waals surface area contributed by atoms with E-state index in [1.165, 1.54) is 6.08 Å². The van der Waals surface area contributed by atoms with Crippen LogP contribution in [0.2, 0.25) is 0 Å². The number of hydrogen-bond donors (Lipinski definition) is 1. The van der Waals surface area contributed by atoms with Gasteiger partial charge in [-0.1, -0.05) is 24.3 Å². The summed E-state index contributed by atoms with van der Waals surface area (Å²) in [6.07, 6.45) is 3.08. The largest absolute Gasteiger partial charge is 0.496 e. The first-order valence-electron chi connectivity index (χ1n) is 7.53. The van der Waals surface area contributed by atoms with Gasteiger partial charge < -0.3 is 14.8 Å².